The van der Waals surface area contributed by atoms with E-state index in [1.165, 1.54) is 104 Å². The zero-order chi connectivity index (χ0) is 27.6. The molecule has 0 saturated heterocycles. The van der Waals surface area contributed by atoms with Gasteiger partial charge in [-0.25, -0.2) is 0 Å². The van der Waals surface area contributed by atoms with Crippen molar-refractivity contribution < 1.29 is 0 Å². The number of nitrogens with zero attached hydrogens (tertiary/aromatic N) is 2. The van der Waals surface area contributed by atoms with Crippen molar-refractivity contribution >= 4 is 77.5 Å². The summed E-state index contributed by atoms with van der Waals surface area (Å²) < 4.78 is 5.13. The van der Waals surface area contributed by atoms with Gasteiger partial charge in [0, 0.05) is 38.4 Å². The van der Waals surface area contributed by atoms with Gasteiger partial charge in [-0.3, -0.25) is 0 Å². The van der Waals surface area contributed by atoms with Gasteiger partial charge in [0.1, 0.15) is 0 Å². The molecule has 0 N–H and O–H groups in total. The number of rotatable bonds is 0. The number of benzene rings is 7. The average molecular weight is 540 g/mol. The van der Waals surface area contributed by atoms with E-state index < -0.39 is 0 Å². The molecule has 12 rings (SSSR count). The van der Waals surface area contributed by atoms with Crippen LogP contribution in [0.25, 0.3) is 88.0 Å². The fraction of sp³-hybridized carbons (Fsp3) is 0. The molecule has 9 aromatic rings. The molecule has 3 heteroatoms. The third kappa shape index (κ3) is 2.20. The van der Waals surface area contributed by atoms with Crippen molar-refractivity contribution in [2.75, 3.05) is 0 Å². The van der Waals surface area contributed by atoms with Gasteiger partial charge in [0.15, 0.2) is 0 Å². The van der Waals surface area contributed by atoms with Crippen LogP contribution in [0, 0.1) is 0 Å². The molecular weight excluding hydrogens is 519 g/mol. The predicted octanol–water partition coefficient (Wildman–Crippen LogP) is 7.82. The SMILES string of the molecule is c1ccc2c(c1)-c1cccc3ccc4c(c13)c1c-2ccc2c1n4-c1cccc3c1B2c1cccc2c4ccccc4n-3c12. The van der Waals surface area contributed by atoms with Crippen molar-refractivity contribution in [1.82, 2.24) is 9.13 Å². The summed E-state index contributed by atoms with van der Waals surface area (Å²) in [5.74, 6) is 0. The van der Waals surface area contributed by atoms with Crippen LogP contribution in [0.2, 0.25) is 0 Å². The molecule has 0 unspecified atom stereocenters. The maximum Gasteiger partial charge on any atom is 0.252 e. The quantitative estimate of drug-likeness (QED) is 0.174. The Labute approximate surface area is 247 Å². The molecule has 0 fully saturated rings. The number of fused-ring (bicyclic) bond motifs is 11. The summed E-state index contributed by atoms with van der Waals surface area (Å²) in [5.41, 5.74) is 17.4. The van der Waals surface area contributed by atoms with Crippen molar-refractivity contribution in [1.29, 1.82) is 0 Å². The van der Waals surface area contributed by atoms with Gasteiger partial charge in [-0.15, -0.1) is 0 Å². The fourth-order valence-corrected chi connectivity index (χ4v) is 9.15. The van der Waals surface area contributed by atoms with Crippen LogP contribution in [0.3, 0.4) is 0 Å². The summed E-state index contributed by atoms with van der Waals surface area (Å²) in [6.07, 6.45) is 0. The summed E-state index contributed by atoms with van der Waals surface area (Å²) in [5, 5.41) is 8.12. The van der Waals surface area contributed by atoms with E-state index in [4.69, 9.17) is 0 Å². The van der Waals surface area contributed by atoms with Gasteiger partial charge in [0.25, 0.3) is 6.71 Å². The molecule has 3 aliphatic rings. The first-order valence-electron chi connectivity index (χ1n) is 15.2. The second-order valence-electron chi connectivity index (χ2n) is 12.4. The maximum atomic E-state index is 2.60. The molecular formula is C40H21BN2. The molecule has 1 aliphatic carbocycles. The Morgan fingerprint density at radius 1 is 0.395 bits per heavy atom. The first-order valence-corrected chi connectivity index (χ1v) is 15.2. The Morgan fingerprint density at radius 3 is 1.95 bits per heavy atom. The molecule has 43 heavy (non-hydrogen) atoms. The molecule has 4 heterocycles. The highest BCUT2D eigenvalue weighted by Gasteiger charge is 2.41. The van der Waals surface area contributed by atoms with Crippen LogP contribution in [0.5, 0.6) is 0 Å². The van der Waals surface area contributed by atoms with Crippen LogP contribution in [0.4, 0.5) is 0 Å². The minimum atomic E-state index is 0.168. The van der Waals surface area contributed by atoms with Gasteiger partial charge < -0.3 is 9.13 Å². The zero-order valence-electron chi connectivity index (χ0n) is 23.1. The van der Waals surface area contributed by atoms with Crippen molar-refractivity contribution in [3.05, 3.63) is 127 Å². The number of para-hydroxylation sites is 2. The second kappa shape index (κ2) is 6.91. The number of hydrogen-bond acceptors (Lipinski definition) is 0. The molecule has 2 aromatic heterocycles. The van der Waals surface area contributed by atoms with Gasteiger partial charge in [-0.1, -0.05) is 103 Å². The minimum Gasteiger partial charge on any atom is -0.310 e. The van der Waals surface area contributed by atoms with E-state index in [1.54, 1.807) is 0 Å². The van der Waals surface area contributed by atoms with Crippen LogP contribution in [-0.2, 0) is 0 Å². The molecule has 2 aliphatic heterocycles. The molecule has 0 saturated carbocycles. The third-order valence-electron chi connectivity index (χ3n) is 10.6. The van der Waals surface area contributed by atoms with E-state index in [-0.39, 0.29) is 6.71 Å². The van der Waals surface area contributed by atoms with Crippen LogP contribution < -0.4 is 16.4 Å². The van der Waals surface area contributed by atoms with E-state index >= 15 is 0 Å². The zero-order valence-corrected chi connectivity index (χ0v) is 23.1. The molecule has 0 spiro atoms. The molecule has 0 radical (unpaired) electrons. The molecule has 0 atom stereocenters. The van der Waals surface area contributed by atoms with Crippen molar-refractivity contribution in [3.8, 4) is 33.6 Å². The van der Waals surface area contributed by atoms with Crippen LogP contribution in [-0.4, -0.2) is 15.8 Å². The van der Waals surface area contributed by atoms with Crippen molar-refractivity contribution in [2.45, 2.75) is 0 Å². The lowest BCUT2D eigenvalue weighted by atomic mass is 9.34. The van der Waals surface area contributed by atoms with E-state index in [0.717, 1.165) is 0 Å². The van der Waals surface area contributed by atoms with Gasteiger partial charge in [0.05, 0.1) is 16.6 Å². The highest BCUT2D eigenvalue weighted by molar-refractivity contribution is 7.00. The van der Waals surface area contributed by atoms with Crippen LogP contribution in [0.15, 0.2) is 127 Å². The highest BCUT2D eigenvalue weighted by atomic mass is 15.0. The van der Waals surface area contributed by atoms with E-state index in [9.17, 15) is 0 Å². The Morgan fingerprint density at radius 2 is 1.07 bits per heavy atom. The smallest absolute Gasteiger partial charge is 0.252 e. The lowest BCUT2D eigenvalue weighted by Crippen LogP contribution is -2.59. The Hall–Kier alpha value is -5.54. The van der Waals surface area contributed by atoms with Crippen LogP contribution >= 0.6 is 0 Å². The molecule has 0 bridgehead atoms. The van der Waals surface area contributed by atoms with Crippen LogP contribution in [0.1, 0.15) is 0 Å². The Kier molecular flexibility index (Phi) is 3.41. The standard InChI is InChI=1S/C40H21BN2/c1-2-10-24-23(9-1)26-12-5-8-22-18-21-32-37(35(22)26)36-27(24)19-20-30-40(36)43(32)34-17-7-16-33-38(34)41(30)29-14-6-13-28-25-11-3-4-15-31(25)42(33)39(28)29/h1-21H. The fourth-order valence-electron chi connectivity index (χ4n) is 9.15. The normalized spacial score (nSPS) is 13.5. The van der Waals surface area contributed by atoms with Crippen molar-refractivity contribution in [2.24, 2.45) is 0 Å². The van der Waals surface area contributed by atoms with Gasteiger partial charge >= 0.3 is 0 Å². The van der Waals surface area contributed by atoms with Crippen molar-refractivity contribution in [3.63, 3.8) is 0 Å². The highest BCUT2D eigenvalue weighted by Crippen LogP contribution is 2.50. The van der Waals surface area contributed by atoms with Gasteiger partial charge in [-0.05, 0) is 73.7 Å². The first-order chi connectivity index (χ1) is 21.4. The Balaban J connectivity index is 1.36. The summed E-state index contributed by atoms with van der Waals surface area (Å²) in [6.45, 7) is 0.168. The maximum absolute atomic E-state index is 2.60. The number of hydrogen-bond donors (Lipinski definition) is 0. The minimum absolute atomic E-state index is 0.168. The summed E-state index contributed by atoms with van der Waals surface area (Å²) in [4.78, 5) is 0. The number of aromatic nitrogens is 2. The van der Waals surface area contributed by atoms with Gasteiger partial charge in [-0.2, -0.15) is 0 Å². The van der Waals surface area contributed by atoms with E-state index in [0.29, 0.717) is 0 Å². The van der Waals surface area contributed by atoms with Gasteiger partial charge in [0.2, 0.25) is 0 Å². The first kappa shape index (κ1) is 21.2. The Bertz CT molecular complexity index is 2790. The summed E-state index contributed by atoms with van der Waals surface area (Å²) in [6, 6.07) is 48.2. The largest absolute Gasteiger partial charge is 0.310 e. The lowest BCUT2D eigenvalue weighted by Gasteiger charge is -2.33. The van der Waals surface area contributed by atoms with E-state index in [1.807, 2.05) is 0 Å². The molecule has 7 aromatic carbocycles. The lowest BCUT2D eigenvalue weighted by molar-refractivity contribution is 1.14. The average Bonchev–Trinajstić information content (AvgIpc) is 3.55. The monoisotopic (exact) mass is 540 g/mol. The molecule has 0 amide bonds. The molecule has 2 nitrogen and oxygen atoms in total. The topological polar surface area (TPSA) is 9.86 Å². The summed E-state index contributed by atoms with van der Waals surface area (Å²) in [7, 11) is 0. The second-order valence-corrected chi connectivity index (χ2v) is 12.4. The van der Waals surface area contributed by atoms with E-state index in [2.05, 4.69) is 137 Å². The summed E-state index contributed by atoms with van der Waals surface area (Å²) >= 11 is 0. The predicted molar refractivity (Wildman–Crippen MR) is 182 cm³/mol. The third-order valence-corrected chi connectivity index (χ3v) is 10.6. The molecule has 194 valence electrons.